The zero-order chi connectivity index (χ0) is 32.7. The predicted molar refractivity (Wildman–Crippen MR) is 175 cm³/mol. The van der Waals surface area contributed by atoms with E-state index in [1.165, 1.54) is 6.92 Å². The molecule has 5 rings (SSSR count). The quantitative estimate of drug-likeness (QED) is 0.270. The van der Waals surface area contributed by atoms with Crippen molar-refractivity contribution < 1.29 is 34.1 Å². The van der Waals surface area contributed by atoms with Crippen molar-refractivity contribution in [2.45, 2.75) is 75.6 Å². The highest BCUT2D eigenvalue weighted by Gasteiger charge is 2.66. The van der Waals surface area contributed by atoms with Crippen LogP contribution in [-0.4, -0.2) is 86.0 Å². The molecule has 1 spiro atoms. The van der Waals surface area contributed by atoms with E-state index in [-0.39, 0.29) is 48.9 Å². The molecule has 45 heavy (non-hydrogen) atoms. The average Bonchev–Trinajstić information content (AvgIpc) is 3.68. The maximum Gasteiger partial charge on any atom is 0.264 e. The number of likely N-dealkylation sites (tertiary alicyclic amines) is 1. The van der Waals surface area contributed by atoms with E-state index >= 15 is 0 Å². The molecule has 3 amide bonds. The lowest BCUT2D eigenvalue weighted by molar-refractivity contribution is -0.149. The Morgan fingerprint density at radius 1 is 1.24 bits per heavy atom. The Balaban J connectivity index is 1.62. The second-order valence-electron chi connectivity index (χ2n) is 13.0. The van der Waals surface area contributed by atoms with E-state index in [1.54, 1.807) is 41.2 Å². The molecule has 2 fully saturated rings. The number of nitrogens with zero attached hydrogens (tertiary/aromatic N) is 2. The summed E-state index contributed by atoms with van der Waals surface area (Å²) < 4.78 is 12.4. The normalized spacial score (nSPS) is 26.7. The number of benzene rings is 2. The summed E-state index contributed by atoms with van der Waals surface area (Å²) in [5, 5.41) is 23.7. The van der Waals surface area contributed by atoms with E-state index in [2.05, 4.69) is 37.1 Å². The van der Waals surface area contributed by atoms with Gasteiger partial charge in [0.25, 0.3) is 11.8 Å². The van der Waals surface area contributed by atoms with Crippen LogP contribution >= 0.6 is 0 Å². The van der Waals surface area contributed by atoms with E-state index in [9.17, 15) is 24.6 Å². The SMILES string of the molecule is C=CCN1C(=O)[C@]2(O[C@H](CC(=O)N3CCC[C@H]3CO)[C@@H]([Si](C)(C)c3ccc(OC)cc3)[C@@H]2C)c2cc(NC(=O)[C@H](C)O)ccc21. The van der Waals surface area contributed by atoms with Crippen LogP contribution in [0.25, 0.3) is 0 Å². The molecule has 11 heteroatoms. The van der Waals surface area contributed by atoms with Crippen LogP contribution in [0.2, 0.25) is 18.6 Å². The fraction of sp³-hybridized carbons (Fsp3) is 0.500. The first-order valence-corrected chi connectivity index (χ1v) is 18.8. The summed E-state index contributed by atoms with van der Waals surface area (Å²) in [7, 11) is -0.845. The fourth-order valence-electron chi connectivity index (χ4n) is 7.79. The maximum atomic E-state index is 14.6. The van der Waals surface area contributed by atoms with Crippen molar-refractivity contribution in [3.63, 3.8) is 0 Å². The summed E-state index contributed by atoms with van der Waals surface area (Å²) in [6.45, 7) is 12.6. The summed E-state index contributed by atoms with van der Waals surface area (Å²) in [5.74, 6) is -0.460. The van der Waals surface area contributed by atoms with Crippen molar-refractivity contribution in [1.82, 2.24) is 4.90 Å². The molecule has 0 bridgehead atoms. The van der Waals surface area contributed by atoms with Gasteiger partial charge in [0.1, 0.15) is 11.9 Å². The van der Waals surface area contributed by atoms with Crippen molar-refractivity contribution in [2.75, 3.05) is 37.0 Å². The van der Waals surface area contributed by atoms with E-state index in [1.807, 2.05) is 19.1 Å². The third-order valence-corrected chi connectivity index (χ3v) is 14.4. The molecule has 2 aromatic rings. The summed E-state index contributed by atoms with van der Waals surface area (Å²) in [4.78, 5) is 44.3. The number of aliphatic hydroxyl groups excluding tert-OH is 2. The third kappa shape index (κ3) is 5.60. The first-order chi connectivity index (χ1) is 21.4. The number of aliphatic hydroxyl groups is 2. The van der Waals surface area contributed by atoms with Crippen LogP contribution in [-0.2, 0) is 24.7 Å². The number of anilines is 2. The molecule has 6 atom stereocenters. The largest absolute Gasteiger partial charge is 0.497 e. The second kappa shape index (κ2) is 12.7. The minimum atomic E-state index is -2.47. The molecule has 3 N–H and O–H groups in total. The van der Waals surface area contributed by atoms with Crippen LogP contribution in [0.1, 0.15) is 38.7 Å². The van der Waals surface area contributed by atoms with Gasteiger partial charge < -0.3 is 34.8 Å². The minimum absolute atomic E-state index is 0.0857. The number of carbonyl (C=O) groups is 3. The van der Waals surface area contributed by atoms with Gasteiger partial charge in [0.2, 0.25) is 5.91 Å². The predicted octanol–water partition coefficient (Wildman–Crippen LogP) is 3.14. The molecule has 2 aromatic carbocycles. The number of hydrogen-bond acceptors (Lipinski definition) is 7. The monoisotopic (exact) mass is 635 g/mol. The second-order valence-corrected chi connectivity index (χ2v) is 17.7. The number of hydrogen-bond donors (Lipinski definition) is 3. The molecule has 0 aromatic heterocycles. The van der Waals surface area contributed by atoms with Gasteiger partial charge in [-0.25, -0.2) is 0 Å². The van der Waals surface area contributed by atoms with E-state index in [0.29, 0.717) is 23.5 Å². The van der Waals surface area contributed by atoms with E-state index in [0.717, 1.165) is 23.8 Å². The van der Waals surface area contributed by atoms with Gasteiger partial charge in [0.15, 0.2) is 5.60 Å². The van der Waals surface area contributed by atoms with Crippen molar-refractivity contribution in [3.8, 4) is 5.75 Å². The van der Waals surface area contributed by atoms with Gasteiger partial charge in [-0.1, -0.05) is 43.4 Å². The standard InChI is InChI=1S/C34H45N3O7Si/c1-7-16-37-28-15-10-23(35-32(41)22(3)39)18-27(28)34(33(37)42)21(2)31(45(5,6)26-13-11-25(43-4)12-14-26)29(44-34)19-30(40)36-17-8-9-24(36)20-38/h7,10-15,18,21-22,24,29,31,38-39H,1,8-9,16-17,19-20H2,2-6H3,(H,35,41)/t21-,22-,24-,29+,31-,34+/m0/s1. The van der Waals surface area contributed by atoms with Crippen LogP contribution < -0.4 is 20.1 Å². The zero-order valence-electron chi connectivity index (χ0n) is 26.8. The number of methoxy groups -OCH3 is 1. The van der Waals surface area contributed by atoms with Gasteiger partial charge in [-0.15, -0.1) is 6.58 Å². The van der Waals surface area contributed by atoms with E-state index in [4.69, 9.17) is 9.47 Å². The highest BCUT2D eigenvalue weighted by molar-refractivity contribution is 6.91. The molecule has 0 saturated carbocycles. The van der Waals surface area contributed by atoms with Crippen molar-refractivity contribution in [2.24, 2.45) is 5.92 Å². The fourth-order valence-corrected chi connectivity index (χ4v) is 11.8. The molecule has 2 saturated heterocycles. The van der Waals surface area contributed by atoms with Gasteiger partial charge in [0.05, 0.1) is 46.0 Å². The maximum absolute atomic E-state index is 14.6. The number of rotatable bonds is 10. The summed E-state index contributed by atoms with van der Waals surface area (Å²) >= 11 is 0. The van der Waals surface area contributed by atoms with Gasteiger partial charge >= 0.3 is 0 Å². The molecule has 10 nitrogen and oxygen atoms in total. The van der Waals surface area contributed by atoms with Crippen LogP contribution in [0, 0.1) is 5.92 Å². The smallest absolute Gasteiger partial charge is 0.264 e. The Bertz CT molecular complexity index is 1460. The van der Waals surface area contributed by atoms with Crippen molar-refractivity contribution in [1.29, 1.82) is 0 Å². The van der Waals surface area contributed by atoms with Crippen molar-refractivity contribution >= 4 is 42.4 Å². The first kappa shape index (κ1) is 32.9. The van der Waals surface area contributed by atoms with E-state index < -0.39 is 31.8 Å². The number of carbonyl (C=O) groups excluding carboxylic acids is 3. The first-order valence-electron chi connectivity index (χ1n) is 15.7. The van der Waals surface area contributed by atoms with Crippen LogP contribution in [0.5, 0.6) is 5.75 Å². The zero-order valence-corrected chi connectivity index (χ0v) is 27.8. The Labute approximate surface area is 266 Å². The lowest BCUT2D eigenvalue weighted by Crippen LogP contribution is -2.52. The van der Waals surface area contributed by atoms with Crippen LogP contribution in [0.15, 0.2) is 55.1 Å². The molecule has 0 radical (unpaired) electrons. The highest BCUT2D eigenvalue weighted by atomic mass is 28.3. The number of fused-ring (bicyclic) bond motifs is 2. The molecular formula is C34H45N3O7Si. The highest BCUT2D eigenvalue weighted by Crippen LogP contribution is 2.60. The van der Waals surface area contributed by atoms with Gasteiger partial charge in [-0.05, 0) is 55.6 Å². The van der Waals surface area contributed by atoms with Crippen LogP contribution in [0.3, 0.4) is 0 Å². The van der Waals surface area contributed by atoms with Crippen molar-refractivity contribution in [3.05, 3.63) is 60.7 Å². The molecule has 0 unspecified atom stereocenters. The lowest BCUT2D eigenvalue weighted by Gasteiger charge is -2.37. The summed E-state index contributed by atoms with van der Waals surface area (Å²) in [6, 6.07) is 13.1. The third-order valence-electron chi connectivity index (χ3n) is 10.1. The molecular weight excluding hydrogens is 590 g/mol. The Morgan fingerprint density at radius 2 is 1.96 bits per heavy atom. The molecule has 3 aliphatic heterocycles. The topological polar surface area (TPSA) is 129 Å². The Morgan fingerprint density at radius 3 is 2.58 bits per heavy atom. The minimum Gasteiger partial charge on any atom is -0.497 e. The Kier molecular flexibility index (Phi) is 9.28. The van der Waals surface area contributed by atoms with Gasteiger partial charge in [0, 0.05) is 30.3 Å². The molecule has 3 aliphatic rings. The number of ether oxygens (including phenoxy) is 2. The lowest BCUT2D eigenvalue weighted by atomic mass is 9.82. The van der Waals surface area contributed by atoms with Crippen LogP contribution in [0.4, 0.5) is 11.4 Å². The average molecular weight is 636 g/mol. The summed E-state index contributed by atoms with van der Waals surface area (Å²) in [6.07, 6.45) is 1.56. The number of amides is 3. The van der Waals surface area contributed by atoms with Gasteiger partial charge in [-0.2, -0.15) is 0 Å². The molecule has 3 heterocycles. The molecule has 0 aliphatic carbocycles. The van der Waals surface area contributed by atoms with Gasteiger partial charge in [-0.3, -0.25) is 14.4 Å². The number of nitrogens with one attached hydrogen (secondary N) is 1. The Hall–Kier alpha value is -3.51. The summed E-state index contributed by atoms with van der Waals surface area (Å²) in [5.41, 5.74) is 0.169. The molecule has 242 valence electrons.